The zero-order chi connectivity index (χ0) is 27.2. The Bertz CT molecular complexity index is 1310. The number of aromatic nitrogens is 1. The summed E-state index contributed by atoms with van der Waals surface area (Å²) in [7, 11) is 0. The van der Waals surface area contributed by atoms with Crippen LogP contribution in [0.1, 0.15) is 30.4 Å². The van der Waals surface area contributed by atoms with Crippen molar-refractivity contribution in [2.45, 2.75) is 30.9 Å². The number of nitrogens with zero attached hydrogens (tertiary/aromatic N) is 2. The van der Waals surface area contributed by atoms with Crippen molar-refractivity contribution in [3.8, 4) is 5.88 Å². The first-order valence-corrected chi connectivity index (χ1v) is 13.6. The molecule has 204 valence electrons. The Kier molecular flexibility index (Phi) is 8.47. The number of aliphatic hydroxyl groups is 2. The van der Waals surface area contributed by atoms with E-state index in [0.717, 1.165) is 48.3 Å². The van der Waals surface area contributed by atoms with Gasteiger partial charge in [-0.3, -0.25) is 0 Å². The van der Waals surface area contributed by atoms with Crippen LogP contribution in [0.15, 0.2) is 84.3 Å². The van der Waals surface area contributed by atoms with Gasteiger partial charge in [0, 0.05) is 48.5 Å². The lowest BCUT2D eigenvalue weighted by Crippen LogP contribution is -2.43. The zero-order valence-electron chi connectivity index (χ0n) is 21.6. The molecular formula is C30H33ClN4O4. The molecule has 4 N–H and O–H groups in total. The molecule has 2 amide bonds. The summed E-state index contributed by atoms with van der Waals surface area (Å²) >= 11 is 6.02. The smallest absolute Gasteiger partial charge is 0.315 e. The molecule has 8 nitrogen and oxygen atoms in total. The van der Waals surface area contributed by atoms with Crippen molar-refractivity contribution in [1.29, 1.82) is 0 Å². The summed E-state index contributed by atoms with van der Waals surface area (Å²) in [6, 6.07) is 10.6. The Morgan fingerprint density at radius 2 is 2.03 bits per heavy atom. The van der Waals surface area contributed by atoms with Gasteiger partial charge in [-0.05, 0) is 66.8 Å². The SMILES string of the molecule is O=C(NCCO)NC1C=CC=C2Oc3ncccc3C(=CCCN3CCC(O)(c4ccc(Cl)cc4)CC3)C=C21. The number of nitrogens with one attached hydrogen (secondary N) is 2. The molecule has 9 heteroatoms. The van der Waals surface area contributed by atoms with E-state index in [9.17, 15) is 9.90 Å². The lowest BCUT2D eigenvalue weighted by atomic mass is 9.84. The minimum atomic E-state index is -0.823. The predicted molar refractivity (Wildman–Crippen MR) is 151 cm³/mol. The number of hydrogen-bond acceptors (Lipinski definition) is 6. The summed E-state index contributed by atoms with van der Waals surface area (Å²) in [5, 5.41) is 26.4. The summed E-state index contributed by atoms with van der Waals surface area (Å²) in [4.78, 5) is 19.1. The average Bonchev–Trinajstić information content (AvgIpc) is 3.10. The third-order valence-corrected chi connectivity index (χ3v) is 7.58. The first-order chi connectivity index (χ1) is 18.9. The molecule has 1 aromatic heterocycles. The van der Waals surface area contributed by atoms with Crippen LogP contribution in [-0.2, 0) is 5.60 Å². The highest BCUT2D eigenvalue weighted by Crippen LogP contribution is 2.36. The Hall–Kier alpha value is -3.43. The lowest BCUT2D eigenvalue weighted by Gasteiger charge is -2.38. The van der Waals surface area contributed by atoms with E-state index in [1.807, 2.05) is 54.6 Å². The normalized spacial score (nSPS) is 21.1. The van der Waals surface area contributed by atoms with Crippen molar-refractivity contribution < 1.29 is 19.7 Å². The molecule has 1 aromatic carbocycles. The molecule has 2 aromatic rings. The van der Waals surface area contributed by atoms with E-state index in [0.29, 0.717) is 29.5 Å². The van der Waals surface area contributed by atoms with Crippen LogP contribution >= 0.6 is 11.6 Å². The number of rotatable bonds is 7. The molecule has 5 rings (SSSR count). The van der Waals surface area contributed by atoms with Crippen molar-refractivity contribution in [1.82, 2.24) is 20.5 Å². The third-order valence-electron chi connectivity index (χ3n) is 7.33. The molecule has 1 fully saturated rings. The summed E-state index contributed by atoms with van der Waals surface area (Å²) in [5.74, 6) is 1.15. The van der Waals surface area contributed by atoms with Gasteiger partial charge < -0.3 is 30.5 Å². The first kappa shape index (κ1) is 27.1. The fourth-order valence-electron chi connectivity index (χ4n) is 5.16. The van der Waals surface area contributed by atoms with E-state index in [2.05, 4.69) is 32.7 Å². The number of allylic oxidation sites excluding steroid dienone is 4. The van der Waals surface area contributed by atoms with Crippen molar-refractivity contribution in [2.75, 3.05) is 32.8 Å². The molecule has 1 saturated heterocycles. The van der Waals surface area contributed by atoms with E-state index >= 15 is 0 Å². The molecule has 3 heterocycles. The minimum Gasteiger partial charge on any atom is -0.438 e. The molecule has 2 aliphatic heterocycles. The maximum atomic E-state index is 12.3. The van der Waals surface area contributed by atoms with Gasteiger partial charge in [-0.25, -0.2) is 9.78 Å². The number of ether oxygens (including phenoxy) is 1. The minimum absolute atomic E-state index is 0.129. The van der Waals surface area contributed by atoms with Gasteiger partial charge in [0.05, 0.1) is 18.2 Å². The molecule has 1 unspecified atom stereocenters. The summed E-state index contributed by atoms with van der Waals surface area (Å²) < 4.78 is 6.18. The van der Waals surface area contributed by atoms with E-state index < -0.39 is 11.6 Å². The molecule has 0 bridgehead atoms. The zero-order valence-corrected chi connectivity index (χ0v) is 22.4. The Morgan fingerprint density at radius 3 is 2.79 bits per heavy atom. The second-order valence-electron chi connectivity index (χ2n) is 9.90. The van der Waals surface area contributed by atoms with Crippen molar-refractivity contribution in [3.05, 3.63) is 100 Å². The molecule has 0 saturated carbocycles. The fraction of sp³-hybridized carbons (Fsp3) is 0.333. The number of piperidine rings is 1. The highest BCUT2D eigenvalue weighted by atomic mass is 35.5. The summed E-state index contributed by atoms with van der Waals surface area (Å²) in [6.45, 7) is 2.51. The van der Waals surface area contributed by atoms with E-state index in [1.165, 1.54) is 0 Å². The van der Waals surface area contributed by atoms with Crippen LogP contribution in [0.3, 0.4) is 0 Å². The van der Waals surface area contributed by atoms with Crippen LogP contribution in [0.2, 0.25) is 5.02 Å². The quantitative estimate of drug-likeness (QED) is 0.418. The number of benzene rings is 1. The number of amides is 2. The maximum absolute atomic E-state index is 12.3. The van der Waals surface area contributed by atoms with E-state index in [1.54, 1.807) is 6.20 Å². The van der Waals surface area contributed by atoms with Crippen LogP contribution in [0, 0.1) is 0 Å². The largest absolute Gasteiger partial charge is 0.438 e. The van der Waals surface area contributed by atoms with Crippen LogP contribution in [0.25, 0.3) is 5.57 Å². The molecule has 1 atom stereocenters. The van der Waals surface area contributed by atoms with Gasteiger partial charge in [-0.1, -0.05) is 42.0 Å². The van der Waals surface area contributed by atoms with Crippen LogP contribution in [0.5, 0.6) is 5.88 Å². The van der Waals surface area contributed by atoms with Crippen LogP contribution in [0.4, 0.5) is 4.79 Å². The monoisotopic (exact) mass is 548 g/mol. The summed E-state index contributed by atoms with van der Waals surface area (Å²) in [5.41, 5.74) is 2.78. The molecule has 3 aliphatic rings. The van der Waals surface area contributed by atoms with Gasteiger partial charge in [0.1, 0.15) is 5.76 Å². The van der Waals surface area contributed by atoms with E-state index in [4.69, 9.17) is 21.4 Å². The van der Waals surface area contributed by atoms with Crippen molar-refractivity contribution in [3.63, 3.8) is 0 Å². The average molecular weight is 549 g/mol. The fourth-order valence-corrected chi connectivity index (χ4v) is 5.28. The standard InChI is InChI=1S/C30H33ClN4O4/c31-23-10-8-22(9-11-23)30(38)12-17-35(18-13-30)16-3-4-21-20-25-26(34-29(37)33-15-19-36)6-1-7-27(25)39-28-24(21)5-2-14-32-28/h1-2,4-11,14,20,26,36,38H,3,12-13,15-19H2,(H2,33,34,37). The Balaban J connectivity index is 1.29. The molecule has 1 aliphatic carbocycles. The Morgan fingerprint density at radius 1 is 1.23 bits per heavy atom. The number of carbonyl (C=O) groups excluding carboxylic acids is 1. The second-order valence-corrected chi connectivity index (χ2v) is 10.3. The van der Waals surface area contributed by atoms with Crippen molar-refractivity contribution in [2.24, 2.45) is 0 Å². The summed E-state index contributed by atoms with van der Waals surface area (Å²) in [6.07, 6.45) is 13.7. The topological polar surface area (TPSA) is 107 Å². The van der Waals surface area contributed by atoms with Crippen LogP contribution in [-0.4, -0.2) is 65.0 Å². The third kappa shape index (κ3) is 6.42. The van der Waals surface area contributed by atoms with Gasteiger partial charge in [0.15, 0.2) is 0 Å². The van der Waals surface area contributed by atoms with Gasteiger partial charge in [-0.15, -0.1) is 0 Å². The Labute approximate surface area is 233 Å². The number of hydrogen-bond donors (Lipinski definition) is 4. The number of likely N-dealkylation sites (tertiary alicyclic amines) is 1. The van der Waals surface area contributed by atoms with Crippen LogP contribution < -0.4 is 15.4 Å². The van der Waals surface area contributed by atoms with Gasteiger partial charge in [-0.2, -0.15) is 0 Å². The van der Waals surface area contributed by atoms with Gasteiger partial charge >= 0.3 is 6.03 Å². The molecule has 0 radical (unpaired) electrons. The number of fused-ring (bicyclic) bond motifs is 2. The molecule has 0 spiro atoms. The van der Waals surface area contributed by atoms with Gasteiger partial charge in [0.2, 0.25) is 5.88 Å². The predicted octanol–water partition coefficient (Wildman–Crippen LogP) is 3.92. The number of urea groups is 1. The lowest BCUT2D eigenvalue weighted by molar-refractivity contribution is -0.0254. The van der Waals surface area contributed by atoms with Crippen molar-refractivity contribution >= 4 is 23.2 Å². The molecular weight excluding hydrogens is 516 g/mol. The number of aliphatic hydroxyl groups excluding tert-OH is 1. The van der Waals surface area contributed by atoms with Gasteiger partial charge in [0.25, 0.3) is 0 Å². The van der Waals surface area contributed by atoms with E-state index in [-0.39, 0.29) is 19.2 Å². The maximum Gasteiger partial charge on any atom is 0.315 e. The first-order valence-electron chi connectivity index (χ1n) is 13.2. The highest BCUT2D eigenvalue weighted by Gasteiger charge is 2.33. The highest BCUT2D eigenvalue weighted by molar-refractivity contribution is 6.30. The number of carbonyl (C=O) groups is 1. The molecule has 39 heavy (non-hydrogen) atoms. The second kappa shape index (κ2) is 12.2. The number of halogens is 1. The number of pyridine rings is 1.